The van der Waals surface area contributed by atoms with Crippen molar-refractivity contribution < 1.29 is 0 Å². The third-order valence-corrected chi connectivity index (χ3v) is 2.37. The molecule has 0 N–H and O–H groups in total. The highest BCUT2D eigenvalue weighted by Crippen LogP contribution is 2.17. The molecule has 0 aliphatic rings. The summed E-state index contributed by atoms with van der Waals surface area (Å²) in [6.07, 6.45) is 5.16. The second kappa shape index (κ2) is 6.86. The first-order chi connectivity index (χ1) is 6.89. The van der Waals surface area contributed by atoms with E-state index in [2.05, 4.69) is 46.7 Å². The lowest BCUT2D eigenvalue weighted by molar-refractivity contribution is 0.476. The molecule has 90 valence electrons. The largest absolute Gasteiger partial charge is 0.366 e. The summed E-state index contributed by atoms with van der Waals surface area (Å²) in [7, 11) is 4.16. The van der Waals surface area contributed by atoms with E-state index in [1.165, 1.54) is 31.5 Å². The van der Waals surface area contributed by atoms with E-state index in [9.17, 15) is 0 Å². The summed E-state index contributed by atoms with van der Waals surface area (Å²) in [5.41, 5.74) is 0.161. The average Bonchev–Trinajstić information content (AvgIpc) is 2.08. The van der Waals surface area contributed by atoms with Crippen LogP contribution < -0.4 is 0 Å². The molecule has 0 bridgehead atoms. The molecule has 15 heavy (non-hydrogen) atoms. The molecule has 0 fully saturated rings. The highest BCUT2D eigenvalue weighted by atomic mass is 15.1. The van der Waals surface area contributed by atoms with Crippen LogP contribution in [0.15, 0.2) is 4.99 Å². The van der Waals surface area contributed by atoms with Crippen molar-refractivity contribution in [2.75, 3.05) is 20.6 Å². The van der Waals surface area contributed by atoms with E-state index in [4.69, 9.17) is 4.99 Å². The molecule has 0 aliphatic carbocycles. The third kappa shape index (κ3) is 6.53. The van der Waals surface area contributed by atoms with Crippen LogP contribution in [0.25, 0.3) is 0 Å². The van der Waals surface area contributed by atoms with Gasteiger partial charge in [0.2, 0.25) is 0 Å². The summed E-state index contributed by atoms with van der Waals surface area (Å²) in [5, 5.41) is 0. The summed E-state index contributed by atoms with van der Waals surface area (Å²) >= 11 is 0. The van der Waals surface area contributed by atoms with E-state index in [-0.39, 0.29) is 5.41 Å². The zero-order valence-corrected chi connectivity index (χ0v) is 11.4. The van der Waals surface area contributed by atoms with Crippen LogP contribution in [0.5, 0.6) is 0 Å². The third-order valence-electron chi connectivity index (χ3n) is 2.37. The molecular weight excluding hydrogens is 184 g/mol. The number of hydrogen-bond acceptors (Lipinski definition) is 1. The van der Waals surface area contributed by atoms with Crippen LogP contribution >= 0.6 is 0 Å². The minimum Gasteiger partial charge on any atom is -0.366 e. The highest BCUT2D eigenvalue weighted by molar-refractivity contribution is 5.86. The molecule has 0 aromatic rings. The van der Waals surface area contributed by atoms with Crippen molar-refractivity contribution in [3.8, 4) is 0 Å². The van der Waals surface area contributed by atoms with E-state index in [1.807, 2.05) is 0 Å². The van der Waals surface area contributed by atoms with Crippen LogP contribution in [0.4, 0.5) is 0 Å². The van der Waals surface area contributed by atoms with Crippen molar-refractivity contribution in [3.05, 3.63) is 0 Å². The minimum atomic E-state index is 0.161. The maximum atomic E-state index is 4.71. The molecule has 0 spiro atoms. The molecule has 0 atom stereocenters. The minimum absolute atomic E-state index is 0.161. The van der Waals surface area contributed by atoms with E-state index in [1.54, 1.807) is 0 Å². The van der Waals surface area contributed by atoms with Gasteiger partial charge in [-0.1, -0.05) is 47.0 Å². The number of amidine groups is 1. The van der Waals surface area contributed by atoms with Crippen molar-refractivity contribution in [3.63, 3.8) is 0 Å². The maximum Gasteiger partial charge on any atom is 0.104 e. The lowest BCUT2D eigenvalue weighted by atomic mass is 9.94. The fourth-order valence-corrected chi connectivity index (χ4v) is 1.77. The van der Waals surface area contributed by atoms with Gasteiger partial charge in [0.25, 0.3) is 0 Å². The second-order valence-corrected chi connectivity index (χ2v) is 5.41. The van der Waals surface area contributed by atoms with Crippen molar-refractivity contribution in [1.82, 2.24) is 4.90 Å². The molecule has 0 aliphatic heterocycles. The van der Waals surface area contributed by atoms with E-state index in [0.717, 1.165) is 6.54 Å². The van der Waals surface area contributed by atoms with Crippen molar-refractivity contribution in [1.29, 1.82) is 0 Å². The Hall–Kier alpha value is -0.530. The standard InChI is InChI=1S/C13H28N2/c1-7-8-9-10-11-14-12(15(5)6)13(2,3)4/h7-11H2,1-6H3. The lowest BCUT2D eigenvalue weighted by Crippen LogP contribution is -2.34. The molecule has 0 saturated carbocycles. The Balaban J connectivity index is 4.09. The van der Waals surface area contributed by atoms with Crippen LogP contribution in [-0.2, 0) is 0 Å². The Kier molecular flexibility index (Phi) is 6.62. The molecule has 0 radical (unpaired) electrons. The smallest absolute Gasteiger partial charge is 0.104 e. The fourth-order valence-electron chi connectivity index (χ4n) is 1.77. The monoisotopic (exact) mass is 212 g/mol. The first-order valence-electron chi connectivity index (χ1n) is 6.11. The molecule has 0 amide bonds. The SMILES string of the molecule is CCCCCCN=C(N(C)C)C(C)(C)C. The topological polar surface area (TPSA) is 15.6 Å². The van der Waals surface area contributed by atoms with Gasteiger partial charge in [0.1, 0.15) is 5.84 Å². The van der Waals surface area contributed by atoms with Gasteiger partial charge in [0, 0.05) is 26.1 Å². The predicted molar refractivity (Wildman–Crippen MR) is 69.6 cm³/mol. The first kappa shape index (κ1) is 14.5. The van der Waals surface area contributed by atoms with Gasteiger partial charge in [0.05, 0.1) is 0 Å². The lowest BCUT2D eigenvalue weighted by Gasteiger charge is -2.27. The van der Waals surface area contributed by atoms with Gasteiger partial charge in [-0.3, -0.25) is 4.99 Å². The maximum absolute atomic E-state index is 4.71. The van der Waals surface area contributed by atoms with E-state index in [0.29, 0.717) is 0 Å². The van der Waals surface area contributed by atoms with Gasteiger partial charge < -0.3 is 4.90 Å². The van der Waals surface area contributed by atoms with E-state index < -0.39 is 0 Å². The molecule has 0 aromatic heterocycles. The Morgan fingerprint density at radius 2 is 1.67 bits per heavy atom. The van der Waals surface area contributed by atoms with Crippen molar-refractivity contribution in [2.24, 2.45) is 10.4 Å². The van der Waals surface area contributed by atoms with Gasteiger partial charge in [-0.2, -0.15) is 0 Å². The molecule has 2 heteroatoms. The number of aliphatic imine (C=N–C) groups is 1. The Labute approximate surface area is 95.8 Å². The molecule has 0 saturated heterocycles. The van der Waals surface area contributed by atoms with Crippen molar-refractivity contribution in [2.45, 2.75) is 53.4 Å². The highest BCUT2D eigenvalue weighted by Gasteiger charge is 2.20. The Bertz CT molecular complexity index is 187. The van der Waals surface area contributed by atoms with Gasteiger partial charge in [-0.05, 0) is 6.42 Å². The van der Waals surface area contributed by atoms with Crippen LogP contribution in [0, 0.1) is 5.41 Å². The quantitative estimate of drug-likeness (QED) is 0.386. The summed E-state index contributed by atoms with van der Waals surface area (Å²) in [6.45, 7) is 9.88. The Morgan fingerprint density at radius 1 is 1.07 bits per heavy atom. The zero-order chi connectivity index (χ0) is 11.9. The number of unbranched alkanes of at least 4 members (excludes halogenated alkanes) is 3. The van der Waals surface area contributed by atoms with E-state index >= 15 is 0 Å². The average molecular weight is 212 g/mol. The molecule has 0 aromatic carbocycles. The molecule has 2 nitrogen and oxygen atoms in total. The number of hydrogen-bond donors (Lipinski definition) is 0. The summed E-state index contributed by atoms with van der Waals surface area (Å²) in [4.78, 5) is 6.85. The second-order valence-electron chi connectivity index (χ2n) is 5.41. The molecular formula is C13H28N2. The molecule has 0 unspecified atom stereocenters. The van der Waals surface area contributed by atoms with Gasteiger partial charge in [0.15, 0.2) is 0 Å². The van der Waals surface area contributed by atoms with Crippen molar-refractivity contribution >= 4 is 5.84 Å². The summed E-state index contributed by atoms with van der Waals surface area (Å²) in [5.74, 6) is 1.21. The molecule has 0 rings (SSSR count). The number of nitrogens with zero attached hydrogens (tertiary/aromatic N) is 2. The normalized spacial score (nSPS) is 13.1. The van der Waals surface area contributed by atoms with Crippen LogP contribution in [-0.4, -0.2) is 31.4 Å². The predicted octanol–water partition coefficient (Wildman–Crippen LogP) is 3.57. The van der Waals surface area contributed by atoms with Crippen LogP contribution in [0.1, 0.15) is 53.4 Å². The van der Waals surface area contributed by atoms with Gasteiger partial charge >= 0.3 is 0 Å². The van der Waals surface area contributed by atoms with Gasteiger partial charge in [-0.25, -0.2) is 0 Å². The van der Waals surface area contributed by atoms with Gasteiger partial charge in [-0.15, -0.1) is 0 Å². The van der Waals surface area contributed by atoms with Crippen LogP contribution in [0.3, 0.4) is 0 Å². The zero-order valence-electron chi connectivity index (χ0n) is 11.4. The summed E-state index contributed by atoms with van der Waals surface area (Å²) < 4.78 is 0. The number of rotatable bonds is 5. The summed E-state index contributed by atoms with van der Waals surface area (Å²) in [6, 6.07) is 0. The Morgan fingerprint density at radius 3 is 2.07 bits per heavy atom. The fraction of sp³-hybridized carbons (Fsp3) is 0.923. The van der Waals surface area contributed by atoms with Crippen LogP contribution in [0.2, 0.25) is 0 Å². The molecule has 0 heterocycles. The first-order valence-corrected chi connectivity index (χ1v) is 6.11.